The van der Waals surface area contributed by atoms with Crippen molar-refractivity contribution in [3.63, 3.8) is 0 Å². The summed E-state index contributed by atoms with van der Waals surface area (Å²) in [5.41, 5.74) is 6.01. The van der Waals surface area contributed by atoms with E-state index in [-0.39, 0.29) is 30.3 Å². The second-order valence-corrected chi connectivity index (χ2v) is 4.83. The monoisotopic (exact) mass is 266 g/mol. The van der Waals surface area contributed by atoms with Crippen LogP contribution in [-0.2, 0) is 4.79 Å². The van der Waals surface area contributed by atoms with Gasteiger partial charge in [0.05, 0.1) is 13.7 Å². The lowest BCUT2D eigenvalue weighted by Gasteiger charge is -2.32. The van der Waals surface area contributed by atoms with E-state index < -0.39 is 0 Å². The molecule has 0 bridgehead atoms. The van der Waals surface area contributed by atoms with Crippen LogP contribution in [0.1, 0.15) is 32.4 Å². The van der Waals surface area contributed by atoms with E-state index in [9.17, 15) is 9.90 Å². The first-order chi connectivity index (χ1) is 8.86. The number of methoxy groups -OCH3 is 1. The van der Waals surface area contributed by atoms with Gasteiger partial charge in [0.15, 0.2) is 0 Å². The Morgan fingerprint density at radius 3 is 2.47 bits per heavy atom. The fraction of sp³-hybridized carbons (Fsp3) is 0.500. The molecule has 1 aromatic carbocycles. The molecule has 0 aliphatic heterocycles. The summed E-state index contributed by atoms with van der Waals surface area (Å²) in [5.74, 6) is 0.370. The van der Waals surface area contributed by atoms with Crippen LogP contribution in [0.15, 0.2) is 18.2 Å². The molecule has 1 atom stereocenters. The Bertz CT molecular complexity index is 446. The number of hydrogen-bond donors (Lipinski definition) is 2. The molecule has 3 N–H and O–H groups in total. The molecule has 1 aromatic rings. The number of benzene rings is 1. The Morgan fingerprint density at radius 2 is 2.05 bits per heavy atom. The highest BCUT2D eigenvalue weighted by molar-refractivity contribution is 5.76. The fourth-order valence-corrected chi connectivity index (χ4v) is 2.13. The van der Waals surface area contributed by atoms with E-state index in [0.29, 0.717) is 5.75 Å². The molecule has 1 amide bonds. The number of phenols is 1. The minimum Gasteiger partial charge on any atom is -0.507 e. The van der Waals surface area contributed by atoms with Crippen molar-refractivity contribution in [3.8, 4) is 11.5 Å². The lowest BCUT2D eigenvalue weighted by molar-refractivity contribution is -0.120. The van der Waals surface area contributed by atoms with Crippen molar-refractivity contribution in [2.45, 2.75) is 32.9 Å². The highest BCUT2D eigenvalue weighted by atomic mass is 16.5. The summed E-state index contributed by atoms with van der Waals surface area (Å²) < 4.78 is 5.05. The van der Waals surface area contributed by atoms with Gasteiger partial charge >= 0.3 is 0 Å². The topological polar surface area (TPSA) is 75.8 Å². The van der Waals surface area contributed by atoms with Gasteiger partial charge in [-0.1, -0.05) is 6.07 Å². The zero-order chi connectivity index (χ0) is 14.6. The number of carbonyl (C=O) groups excluding carboxylic acids is 1. The third-order valence-corrected chi connectivity index (χ3v) is 3.19. The van der Waals surface area contributed by atoms with Crippen LogP contribution in [0.5, 0.6) is 11.5 Å². The number of nitrogens with zero attached hydrogens (tertiary/aromatic N) is 1. The maximum Gasteiger partial charge on any atom is 0.231 e. The van der Waals surface area contributed by atoms with Crippen LogP contribution >= 0.6 is 0 Å². The summed E-state index contributed by atoms with van der Waals surface area (Å²) in [4.78, 5) is 13.1. The average Bonchev–Trinajstić information content (AvgIpc) is 2.34. The van der Waals surface area contributed by atoms with Gasteiger partial charge in [-0.3, -0.25) is 9.69 Å². The number of ether oxygens (including phenoxy) is 1. The van der Waals surface area contributed by atoms with E-state index in [1.54, 1.807) is 25.3 Å². The van der Waals surface area contributed by atoms with Gasteiger partial charge in [0.2, 0.25) is 5.91 Å². The first kappa shape index (κ1) is 15.3. The number of primary amides is 1. The lowest BCUT2D eigenvalue weighted by Crippen LogP contribution is -2.40. The summed E-state index contributed by atoms with van der Waals surface area (Å²) in [6.07, 6.45) is 0. The van der Waals surface area contributed by atoms with Crippen LogP contribution in [0, 0.1) is 0 Å². The van der Waals surface area contributed by atoms with E-state index in [1.165, 1.54) is 0 Å². The van der Waals surface area contributed by atoms with Crippen LogP contribution < -0.4 is 10.5 Å². The third kappa shape index (κ3) is 3.86. The van der Waals surface area contributed by atoms with Crippen molar-refractivity contribution in [2.24, 2.45) is 5.73 Å². The summed E-state index contributed by atoms with van der Waals surface area (Å²) in [6, 6.07) is 5.18. The van der Waals surface area contributed by atoms with E-state index in [4.69, 9.17) is 10.5 Å². The van der Waals surface area contributed by atoms with Gasteiger partial charge in [-0.15, -0.1) is 0 Å². The van der Waals surface area contributed by atoms with Crippen molar-refractivity contribution < 1.29 is 14.6 Å². The highest BCUT2D eigenvalue weighted by Crippen LogP contribution is 2.32. The second kappa shape index (κ2) is 6.43. The van der Waals surface area contributed by atoms with Gasteiger partial charge < -0.3 is 15.6 Å². The molecule has 0 heterocycles. The summed E-state index contributed by atoms with van der Waals surface area (Å²) in [7, 11) is 1.55. The van der Waals surface area contributed by atoms with Gasteiger partial charge in [-0.2, -0.15) is 0 Å². The summed E-state index contributed by atoms with van der Waals surface area (Å²) in [5, 5.41) is 10.0. The molecule has 1 rings (SSSR count). The Balaban J connectivity index is 3.02. The standard InChI is InChI=1S/C14H22N2O3/c1-9(2)16(8-14(15)18)10(3)12-6-5-11(19-4)7-13(12)17/h5-7,9-10,17H,8H2,1-4H3,(H2,15,18). The predicted molar refractivity (Wildman–Crippen MR) is 74.1 cm³/mol. The average molecular weight is 266 g/mol. The number of carbonyl (C=O) groups is 1. The molecular weight excluding hydrogens is 244 g/mol. The largest absolute Gasteiger partial charge is 0.507 e. The van der Waals surface area contributed by atoms with Crippen LogP contribution in [0.25, 0.3) is 0 Å². The Kier molecular flexibility index (Phi) is 5.18. The molecule has 0 aromatic heterocycles. The van der Waals surface area contributed by atoms with Crippen molar-refractivity contribution >= 4 is 5.91 Å². The number of amides is 1. The molecule has 19 heavy (non-hydrogen) atoms. The molecule has 0 saturated heterocycles. The summed E-state index contributed by atoms with van der Waals surface area (Å²) >= 11 is 0. The van der Waals surface area contributed by atoms with Crippen molar-refractivity contribution in [3.05, 3.63) is 23.8 Å². The molecule has 0 spiro atoms. The number of nitrogens with two attached hydrogens (primary N) is 1. The predicted octanol–water partition coefficient (Wildman–Crippen LogP) is 1.66. The quantitative estimate of drug-likeness (QED) is 0.821. The zero-order valence-electron chi connectivity index (χ0n) is 11.9. The van der Waals surface area contributed by atoms with Crippen molar-refractivity contribution in [1.82, 2.24) is 4.90 Å². The molecule has 0 fully saturated rings. The molecule has 0 aliphatic rings. The van der Waals surface area contributed by atoms with Gasteiger partial charge in [-0.05, 0) is 26.8 Å². The van der Waals surface area contributed by atoms with Crippen molar-refractivity contribution in [1.29, 1.82) is 0 Å². The number of hydrogen-bond acceptors (Lipinski definition) is 4. The van der Waals surface area contributed by atoms with E-state index in [1.807, 2.05) is 25.7 Å². The van der Waals surface area contributed by atoms with Gasteiger partial charge in [0.25, 0.3) is 0 Å². The molecule has 0 aliphatic carbocycles. The molecule has 0 saturated carbocycles. The van der Waals surface area contributed by atoms with Crippen LogP contribution in [0.4, 0.5) is 0 Å². The SMILES string of the molecule is COc1ccc(C(C)N(CC(N)=O)C(C)C)c(O)c1. The molecular formula is C14H22N2O3. The van der Waals surface area contributed by atoms with Crippen LogP contribution in [0.2, 0.25) is 0 Å². The van der Waals surface area contributed by atoms with E-state index in [2.05, 4.69) is 0 Å². The normalized spacial score (nSPS) is 12.7. The number of rotatable bonds is 6. The third-order valence-electron chi connectivity index (χ3n) is 3.19. The first-order valence-electron chi connectivity index (χ1n) is 6.27. The van der Waals surface area contributed by atoms with E-state index in [0.717, 1.165) is 5.56 Å². The zero-order valence-corrected chi connectivity index (χ0v) is 11.9. The molecule has 5 heteroatoms. The Labute approximate surface area is 114 Å². The molecule has 1 unspecified atom stereocenters. The van der Waals surface area contributed by atoms with Gasteiger partial charge in [0, 0.05) is 23.7 Å². The Hall–Kier alpha value is -1.75. The van der Waals surface area contributed by atoms with Crippen LogP contribution in [-0.4, -0.2) is 35.6 Å². The second-order valence-electron chi connectivity index (χ2n) is 4.83. The lowest BCUT2D eigenvalue weighted by atomic mass is 10.0. The van der Waals surface area contributed by atoms with Crippen molar-refractivity contribution in [2.75, 3.05) is 13.7 Å². The van der Waals surface area contributed by atoms with E-state index >= 15 is 0 Å². The molecule has 0 radical (unpaired) electrons. The van der Waals surface area contributed by atoms with Gasteiger partial charge in [-0.25, -0.2) is 0 Å². The summed E-state index contributed by atoms with van der Waals surface area (Å²) in [6.45, 7) is 6.06. The minimum absolute atomic E-state index is 0.113. The maximum absolute atomic E-state index is 11.1. The number of aromatic hydroxyl groups is 1. The maximum atomic E-state index is 11.1. The van der Waals surface area contributed by atoms with Crippen LogP contribution in [0.3, 0.4) is 0 Å². The minimum atomic E-state index is -0.381. The first-order valence-corrected chi connectivity index (χ1v) is 6.27. The molecule has 106 valence electrons. The fourth-order valence-electron chi connectivity index (χ4n) is 2.13. The molecule has 5 nitrogen and oxygen atoms in total. The smallest absolute Gasteiger partial charge is 0.231 e. The Morgan fingerprint density at radius 1 is 1.42 bits per heavy atom. The van der Waals surface area contributed by atoms with Gasteiger partial charge in [0.1, 0.15) is 11.5 Å². The highest BCUT2D eigenvalue weighted by Gasteiger charge is 2.22. The number of phenolic OH excluding ortho intramolecular Hbond substituents is 1.